The van der Waals surface area contributed by atoms with Gasteiger partial charge in [0, 0.05) is 19.1 Å². The summed E-state index contributed by atoms with van der Waals surface area (Å²) in [7, 11) is 0. The zero-order valence-electron chi connectivity index (χ0n) is 13.5. The molecule has 0 radical (unpaired) electrons. The third kappa shape index (κ3) is 3.57. The lowest BCUT2D eigenvalue weighted by Crippen LogP contribution is -2.29. The highest BCUT2D eigenvalue weighted by Crippen LogP contribution is 2.28. The second-order valence-electron chi connectivity index (χ2n) is 6.18. The van der Waals surface area contributed by atoms with E-state index in [1.54, 1.807) is 0 Å². The van der Waals surface area contributed by atoms with Gasteiger partial charge < -0.3 is 4.74 Å². The molecular weight excluding hydrogens is 270 g/mol. The third-order valence-electron chi connectivity index (χ3n) is 4.65. The molecule has 1 heterocycles. The Morgan fingerprint density at radius 3 is 2.45 bits per heavy atom. The van der Waals surface area contributed by atoms with E-state index in [0.717, 1.165) is 26.1 Å². The Labute approximate surface area is 133 Å². The molecule has 0 amide bonds. The van der Waals surface area contributed by atoms with E-state index in [1.165, 1.54) is 16.7 Å². The highest BCUT2D eigenvalue weighted by Gasteiger charge is 2.22. The molecule has 0 spiro atoms. The number of hydrogen-bond acceptors (Lipinski definition) is 2. The Morgan fingerprint density at radius 1 is 1.00 bits per heavy atom. The summed E-state index contributed by atoms with van der Waals surface area (Å²) in [6.45, 7) is 7.30. The molecule has 0 aromatic heterocycles. The fourth-order valence-corrected chi connectivity index (χ4v) is 3.16. The average Bonchev–Trinajstić information content (AvgIpc) is 2.82. The van der Waals surface area contributed by atoms with Crippen LogP contribution >= 0.6 is 0 Å². The largest absolute Gasteiger partial charge is 0.372 e. The van der Waals surface area contributed by atoms with E-state index in [9.17, 15) is 0 Å². The van der Waals surface area contributed by atoms with Crippen molar-refractivity contribution in [1.82, 2.24) is 4.90 Å². The van der Waals surface area contributed by atoms with Gasteiger partial charge in [-0.2, -0.15) is 0 Å². The monoisotopic (exact) mass is 295 g/mol. The molecule has 0 N–H and O–H groups in total. The molecule has 1 aliphatic rings. The minimum absolute atomic E-state index is 0.230. The predicted molar refractivity (Wildman–Crippen MR) is 90.9 cm³/mol. The summed E-state index contributed by atoms with van der Waals surface area (Å²) in [5, 5.41) is 0. The van der Waals surface area contributed by atoms with E-state index in [-0.39, 0.29) is 6.10 Å². The van der Waals surface area contributed by atoms with Gasteiger partial charge >= 0.3 is 0 Å². The van der Waals surface area contributed by atoms with E-state index in [1.807, 2.05) is 0 Å². The maximum Gasteiger partial charge on any atom is 0.0837 e. The molecule has 0 aliphatic carbocycles. The van der Waals surface area contributed by atoms with Gasteiger partial charge in [-0.1, -0.05) is 60.2 Å². The lowest BCUT2D eigenvalue weighted by Gasteiger charge is -2.27. The number of ether oxygens (including phenoxy) is 1. The van der Waals surface area contributed by atoms with Gasteiger partial charge in [0.25, 0.3) is 0 Å². The second kappa shape index (κ2) is 7.08. The van der Waals surface area contributed by atoms with Crippen molar-refractivity contribution in [3.8, 4) is 0 Å². The van der Waals surface area contributed by atoms with Crippen molar-refractivity contribution in [3.05, 3.63) is 71.3 Å². The molecule has 0 saturated carbocycles. The van der Waals surface area contributed by atoms with Crippen LogP contribution in [0.5, 0.6) is 0 Å². The van der Waals surface area contributed by atoms with Crippen molar-refractivity contribution in [2.24, 2.45) is 0 Å². The fraction of sp³-hybridized carbons (Fsp3) is 0.400. The van der Waals surface area contributed by atoms with E-state index < -0.39 is 0 Å². The van der Waals surface area contributed by atoms with Crippen molar-refractivity contribution in [3.63, 3.8) is 0 Å². The van der Waals surface area contributed by atoms with Crippen molar-refractivity contribution >= 4 is 0 Å². The molecule has 1 unspecified atom stereocenters. The molecule has 22 heavy (non-hydrogen) atoms. The minimum Gasteiger partial charge on any atom is -0.372 e. The third-order valence-corrected chi connectivity index (χ3v) is 4.65. The van der Waals surface area contributed by atoms with Crippen molar-refractivity contribution in [2.75, 3.05) is 19.7 Å². The van der Waals surface area contributed by atoms with Crippen molar-refractivity contribution in [1.29, 1.82) is 0 Å². The van der Waals surface area contributed by atoms with Crippen LogP contribution in [-0.4, -0.2) is 24.6 Å². The van der Waals surface area contributed by atoms with Crippen LogP contribution in [0, 0.1) is 6.92 Å². The number of rotatable bonds is 3. The quantitative estimate of drug-likeness (QED) is 0.825. The van der Waals surface area contributed by atoms with Crippen LogP contribution in [0.4, 0.5) is 0 Å². The summed E-state index contributed by atoms with van der Waals surface area (Å²) in [5.74, 6) is 0. The SMILES string of the molecule is Cc1ccc(C2CCN([C@H](C)c3ccccc3)CCO2)cc1. The first kappa shape index (κ1) is 15.3. The van der Waals surface area contributed by atoms with Gasteiger partial charge in [0.1, 0.15) is 0 Å². The fourth-order valence-electron chi connectivity index (χ4n) is 3.16. The highest BCUT2D eigenvalue weighted by atomic mass is 16.5. The van der Waals surface area contributed by atoms with Gasteiger partial charge in [-0.25, -0.2) is 0 Å². The van der Waals surface area contributed by atoms with E-state index in [4.69, 9.17) is 4.74 Å². The predicted octanol–water partition coefficient (Wildman–Crippen LogP) is 4.52. The molecule has 2 atom stereocenters. The van der Waals surface area contributed by atoms with Gasteiger partial charge in [-0.05, 0) is 31.4 Å². The van der Waals surface area contributed by atoms with Crippen LogP contribution in [0.3, 0.4) is 0 Å². The molecule has 3 rings (SSSR count). The van der Waals surface area contributed by atoms with Gasteiger partial charge in [-0.15, -0.1) is 0 Å². The van der Waals surface area contributed by atoms with Crippen LogP contribution in [0.2, 0.25) is 0 Å². The maximum atomic E-state index is 6.10. The number of aryl methyl sites for hydroxylation is 1. The molecule has 2 nitrogen and oxygen atoms in total. The van der Waals surface area contributed by atoms with Crippen LogP contribution in [0.25, 0.3) is 0 Å². The average molecular weight is 295 g/mol. The molecule has 2 heteroatoms. The Kier molecular flexibility index (Phi) is 4.91. The van der Waals surface area contributed by atoms with Crippen LogP contribution in [-0.2, 0) is 4.74 Å². The first-order valence-corrected chi connectivity index (χ1v) is 8.21. The molecule has 1 aliphatic heterocycles. The number of hydrogen-bond donors (Lipinski definition) is 0. The van der Waals surface area contributed by atoms with E-state index >= 15 is 0 Å². The first-order valence-electron chi connectivity index (χ1n) is 8.21. The summed E-state index contributed by atoms with van der Waals surface area (Å²) in [4.78, 5) is 2.53. The normalized spacial score (nSPS) is 21.3. The van der Waals surface area contributed by atoms with E-state index in [2.05, 4.69) is 73.3 Å². The molecule has 0 bridgehead atoms. The van der Waals surface area contributed by atoms with Gasteiger partial charge in [0.15, 0.2) is 0 Å². The standard InChI is InChI=1S/C20H25NO/c1-16-8-10-19(11-9-16)20-12-13-21(14-15-22-20)17(2)18-6-4-3-5-7-18/h3-11,17,20H,12-15H2,1-2H3/t17-,20?/m1/s1. The maximum absolute atomic E-state index is 6.10. The summed E-state index contributed by atoms with van der Waals surface area (Å²) < 4.78 is 6.10. The Hall–Kier alpha value is -1.64. The minimum atomic E-state index is 0.230. The molecule has 2 aromatic rings. The second-order valence-corrected chi connectivity index (χ2v) is 6.18. The highest BCUT2D eigenvalue weighted by molar-refractivity contribution is 5.23. The van der Waals surface area contributed by atoms with Gasteiger partial charge in [-0.3, -0.25) is 4.90 Å². The van der Waals surface area contributed by atoms with Gasteiger partial charge in [0.05, 0.1) is 12.7 Å². The Balaban J connectivity index is 1.66. The zero-order valence-corrected chi connectivity index (χ0v) is 13.5. The molecule has 2 aromatic carbocycles. The molecule has 116 valence electrons. The van der Waals surface area contributed by atoms with E-state index in [0.29, 0.717) is 6.04 Å². The zero-order chi connectivity index (χ0) is 15.4. The molecular formula is C20H25NO. The molecule has 1 fully saturated rings. The molecule has 1 saturated heterocycles. The summed E-state index contributed by atoms with van der Waals surface area (Å²) in [5.41, 5.74) is 3.99. The summed E-state index contributed by atoms with van der Waals surface area (Å²) >= 11 is 0. The number of nitrogens with zero attached hydrogens (tertiary/aromatic N) is 1. The lowest BCUT2D eigenvalue weighted by atomic mass is 10.0. The van der Waals surface area contributed by atoms with Crippen LogP contribution < -0.4 is 0 Å². The smallest absolute Gasteiger partial charge is 0.0837 e. The topological polar surface area (TPSA) is 12.5 Å². The Morgan fingerprint density at radius 2 is 1.73 bits per heavy atom. The summed E-state index contributed by atoms with van der Waals surface area (Å²) in [6.07, 6.45) is 1.29. The first-order chi connectivity index (χ1) is 10.7. The van der Waals surface area contributed by atoms with Gasteiger partial charge in [0.2, 0.25) is 0 Å². The van der Waals surface area contributed by atoms with Crippen LogP contribution in [0.1, 0.15) is 42.2 Å². The lowest BCUT2D eigenvalue weighted by molar-refractivity contribution is 0.0605. The van der Waals surface area contributed by atoms with Crippen LogP contribution in [0.15, 0.2) is 54.6 Å². The summed E-state index contributed by atoms with van der Waals surface area (Å²) in [6, 6.07) is 20.0. The number of benzene rings is 2. The Bertz CT molecular complexity index is 578. The van der Waals surface area contributed by atoms with Crippen molar-refractivity contribution < 1.29 is 4.74 Å². The van der Waals surface area contributed by atoms with Crippen molar-refractivity contribution in [2.45, 2.75) is 32.4 Å².